The number of benzene rings is 2. The Bertz CT molecular complexity index is 991. The number of rotatable bonds is 5. The SMILES string of the molecule is COc1cc(/C=C(\C#N)c2nc(-c3ccccc3)cs2)cc(Cl)c1OC. The molecule has 0 atom stereocenters. The lowest BCUT2D eigenvalue weighted by molar-refractivity contribution is 0.355. The lowest BCUT2D eigenvalue weighted by Gasteiger charge is -2.10. The minimum absolute atomic E-state index is 0.416. The van der Waals surface area contributed by atoms with Gasteiger partial charge in [0, 0.05) is 10.9 Å². The molecule has 0 aliphatic heterocycles. The first-order valence-electron chi connectivity index (χ1n) is 7.71. The molecule has 4 nitrogen and oxygen atoms in total. The molecule has 0 bridgehead atoms. The first-order chi connectivity index (χ1) is 12.7. The molecule has 130 valence electrons. The summed E-state index contributed by atoms with van der Waals surface area (Å²) < 4.78 is 10.5. The van der Waals surface area contributed by atoms with Crippen molar-refractivity contribution in [2.75, 3.05) is 14.2 Å². The van der Waals surface area contributed by atoms with Gasteiger partial charge in [0.25, 0.3) is 0 Å². The Morgan fingerprint density at radius 3 is 2.62 bits per heavy atom. The molecule has 0 fully saturated rings. The van der Waals surface area contributed by atoms with Crippen molar-refractivity contribution in [1.29, 1.82) is 5.26 Å². The maximum Gasteiger partial charge on any atom is 0.179 e. The van der Waals surface area contributed by atoms with Crippen LogP contribution in [0.4, 0.5) is 0 Å². The van der Waals surface area contributed by atoms with Crippen LogP contribution in [0.1, 0.15) is 10.6 Å². The molecule has 0 radical (unpaired) electrons. The lowest BCUT2D eigenvalue weighted by Crippen LogP contribution is -1.92. The third kappa shape index (κ3) is 3.72. The van der Waals surface area contributed by atoms with Crippen LogP contribution in [0.3, 0.4) is 0 Å². The van der Waals surface area contributed by atoms with Gasteiger partial charge in [-0.1, -0.05) is 41.9 Å². The Balaban J connectivity index is 1.99. The number of methoxy groups -OCH3 is 2. The summed E-state index contributed by atoms with van der Waals surface area (Å²) in [6.07, 6.45) is 1.74. The van der Waals surface area contributed by atoms with Crippen molar-refractivity contribution >= 4 is 34.6 Å². The van der Waals surface area contributed by atoms with E-state index in [1.807, 2.05) is 35.7 Å². The number of nitrogens with zero attached hydrogens (tertiary/aromatic N) is 2. The van der Waals surface area contributed by atoms with Gasteiger partial charge in [0.15, 0.2) is 11.5 Å². The fraction of sp³-hybridized carbons (Fsp3) is 0.100. The highest BCUT2D eigenvalue weighted by Gasteiger charge is 2.13. The highest BCUT2D eigenvalue weighted by Crippen LogP contribution is 2.37. The van der Waals surface area contributed by atoms with E-state index < -0.39 is 0 Å². The number of thiazole rings is 1. The molecule has 0 saturated heterocycles. The monoisotopic (exact) mass is 382 g/mol. The predicted molar refractivity (Wildman–Crippen MR) is 106 cm³/mol. The molecule has 0 saturated carbocycles. The molecular weight excluding hydrogens is 368 g/mol. The van der Waals surface area contributed by atoms with E-state index in [-0.39, 0.29) is 0 Å². The summed E-state index contributed by atoms with van der Waals surface area (Å²) in [7, 11) is 3.07. The van der Waals surface area contributed by atoms with Gasteiger partial charge in [-0.2, -0.15) is 5.26 Å². The van der Waals surface area contributed by atoms with Crippen LogP contribution in [0, 0.1) is 11.3 Å². The first-order valence-corrected chi connectivity index (χ1v) is 8.96. The maximum absolute atomic E-state index is 9.58. The summed E-state index contributed by atoms with van der Waals surface area (Å²) in [5.74, 6) is 0.970. The van der Waals surface area contributed by atoms with Crippen LogP contribution < -0.4 is 9.47 Å². The lowest BCUT2D eigenvalue weighted by atomic mass is 10.1. The van der Waals surface area contributed by atoms with Crippen molar-refractivity contribution in [3.63, 3.8) is 0 Å². The van der Waals surface area contributed by atoms with Gasteiger partial charge in [0.2, 0.25) is 0 Å². The van der Waals surface area contributed by atoms with E-state index in [1.165, 1.54) is 18.4 Å². The molecule has 6 heteroatoms. The second kappa shape index (κ2) is 8.05. The van der Waals surface area contributed by atoms with Gasteiger partial charge in [0.1, 0.15) is 11.1 Å². The third-order valence-corrected chi connectivity index (χ3v) is 4.85. The van der Waals surface area contributed by atoms with Crippen molar-refractivity contribution < 1.29 is 9.47 Å². The second-order valence-corrected chi connectivity index (χ2v) is 6.58. The van der Waals surface area contributed by atoms with Gasteiger partial charge in [-0.3, -0.25) is 0 Å². The van der Waals surface area contributed by atoms with Crippen LogP contribution in [-0.2, 0) is 0 Å². The number of nitriles is 1. The zero-order valence-electron chi connectivity index (χ0n) is 14.2. The highest BCUT2D eigenvalue weighted by molar-refractivity contribution is 7.11. The summed E-state index contributed by atoms with van der Waals surface area (Å²) in [4.78, 5) is 4.59. The smallest absolute Gasteiger partial charge is 0.179 e. The second-order valence-electron chi connectivity index (χ2n) is 5.31. The number of halogens is 1. The molecule has 2 aromatic carbocycles. The van der Waals surface area contributed by atoms with Crippen molar-refractivity contribution in [1.82, 2.24) is 4.98 Å². The molecule has 0 unspecified atom stereocenters. The molecule has 26 heavy (non-hydrogen) atoms. The van der Waals surface area contributed by atoms with Gasteiger partial charge in [-0.25, -0.2) is 4.98 Å². The van der Waals surface area contributed by atoms with Crippen LogP contribution in [0.15, 0.2) is 47.8 Å². The summed E-state index contributed by atoms with van der Waals surface area (Å²) in [5.41, 5.74) is 3.06. The highest BCUT2D eigenvalue weighted by atomic mass is 35.5. The third-order valence-electron chi connectivity index (χ3n) is 3.69. The van der Waals surface area contributed by atoms with E-state index in [1.54, 1.807) is 25.3 Å². The van der Waals surface area contributed by atoms with Crippen LogP contribution >= 0.6 is 22.9 Å². The summed E-state index contributed by atoms with van der Waals surface area (Å²) in [5, 5.41) is 12.6. The Morgan fingerprint density at radius 1 is 1.19 bits per heavy atom. The summed E-state index contributed by atoms with van der Waals surface area (Å²) in [6.45, 7) is 0. The number of hydrogen-bond donors (Lipinski definition) is 0. The first kappa shape index (κ1) is 18.0. The quantitative estimate of drug-likeness (QED) is 0.543. The topological polar surface area (TPSA) is 55.1 Å². The zero-order chi connectivity index (χ0) is 18.5. The van der Waals surface area contributed by atoms with Crippen LogP contribution in [0.25, 0.3) is 22.9 Å². The zero-order valence-corrected chi connectivity index (χ0v) is 15.8. The Morgan fingerprint density at radius 2 is 1.96 bits per heavy atom. The van der Waals surface area contributed by atoms with E-state index in [4.69, 9.17) is 21.1 Å². The molecule has 3 aromatic rings. The Hall–Kier alpha value is -2.81. The minimum atomic E-state index is 0.416. The number of allylic oxidation sites excluding steroid dienone is 1. The fourth-order valence-electron chi connectivity index (χ4n) is 2.47. The van der Waals surface area contributed by atoms with E-state index in [0.29, 0.717) is 27.1 Å². The average molecular weight is 383 g/mol. The normalized spacial score (nSPS) is 11.1. The molecule has 1 aromatic heterocycles. The molecule has 0 N–H and O–H groups in total. The van der Waals surface area contributed by atoms with Crippen molar-refractivity contribution in [2.45, 2.75) is 0 Å². The molecule has 0 spiro atoms. The average Bonchev–Trinajstić information content (AvgIpc) is 3.16. The summed E-state index contributed by atoms with van der Waals surface area (Å²) in [6, 6.07) is 15.6. The molecule has 3 rings (SSSR count). The predicted octanol–water partition coefficient (Wildman–Crippen LogP) is 5.54. The summed E-state index contributed by atoms with van der Waals surface area (Å²) >= 11 is 7.67. The molecule has 0 amide bonds. The number of hydrogen-bond acceptors (Lipinski definition) is 5. The van der Waals surface area contributed by atoms with Gasteiger partial charge >= 0.3 is 0 Å². The molecule has 1 heterocycles. The number of ether oxygens (including phenoxy) is 2. The number of aromatic nitrogens is 1. The van der Waals surface area contributed by atoms with Crippen molar-refractivity contribution in [2.24, 2.45) is 0 Å². The van der Waals surface area contributed by atoms with E-state index in [2.05, 4.69) is 11.1 Å². The fourth-order valence-corrected chi connectivity index (χ4v) is 3.56. The van der Waals surface area contributed by atoms with Crippen LogP contribution in [-0.4, -0.2) is 19.2 Å². The molecule has 0 aliphatic carbocycles. The van der Waals surface area contributed by atoms with E-state index in [0.717, 1.165) is 16.8 Å². The van der Waals surface area contributed by atoms with Crippen LogP contribution in [0.5, 0.6) is 11.5 Å². The van der Waals surface area contributed by atoms with Gasteiger partial charge in [0.05, 0.1) is 30.5 Å². The van der Waals surface area contributed by atoms with Crippen molar-refractivity contribution in [3.05, 3.63) is 63.4 Å². The Labute approximate surface area is 160 Å². The van der Waals surface area contributed by atoms with Gasteiger partial charge in [-0.05, 0) is 23.8 Å². The minimum Gasteiger partial charge on any atom is -0.493 e. The standard InChI is InChI=1S/C20H15ClN2O2S/c1-24-18-10-13(9-16(21)19(18)25-2)8-15(11-22)20-23-17(12-26-20)14-6-4-3-5-7-14/h3-10,12H,1-2H3/b15-8+. The largest absolute Gasteiger partial charge is 0.493 e. The van der Waals surface area contributed by atoms with E-state index in [9.17, 15) is 5.26 Å². The maximum atomic E-state index is 9.58. The van der Waals surface area contributed by atoms with E-state index >= 15 is 0 Å². The molecule has 0 aliphatic rings. The van der Waals surface area contributed by atoms with Gasteiger partial charge < -0.3 is 9.47 Å². The Kier molecular flexibility index (Phi) is 5.57. The van der Waals surface area contributed by atoms with Crippen LogP contribution in [0.2, 0.25) is 5.02 Å². The molecular formula is C20H15ClN2O2S. The van der Waals surface area contributed by atoms with Crippen molar-refractivity contribution in [3.8, 4) is 28.8 Å². The van der Waals surface area contributed by atoms with Gasteiger partial charge in [-0.15, -0.1) is 11.3 Å².